The Morgan fingerprint density at radius 1 is 0.875 bits per heavy atom. The van der Waals surface area contributed by atoms with Gasteiger partial charge in [-0.2, -0.15) is 0 Å². The molecule has 0 amide bonds. The van der Waals surface area contributed by atoms with Gasteiger partial charge < -0.3 is 4.43 Å². The maximum Gasteiger partial charge on any atom is 0.258 e. The molecule has 1 aliphatic carbocycles. The first-order chi connectivity index (χ1) is 11.3. The predicted octanol–water partition coefficient (Wildman–Crippen LogP) is 7.92. The first kappa shape index (κ1) is 21.3. The lowest BCUT2D eigenvalue weighted by Crippen LogP contribution is -2.47. The van der Waals surface area contributed by atoms with E-state index in [1.54, 1.807) is 0 Å². The van der Waals surface area contributed by atoms with Gasteiger partial charge in [-0.3, -0.25) is 0 Å². The lowest BCUT2D eigenvalue weighted by Gasteiger charge is -2.43. The van der Waals surface area contributed by atoms with Gasteiger partial charge in [0.2, 0.25) is 0 Å². The van der Waals surface area contributed by atoms with Gasteiger partial charge in [0.15, 0.2) is 0 Å². The summed E-state index contributed by atoms with van der Waals surface area (Å²) in [5, 5.41) is 0. The van der Waals surface area contributed by atoms with Crippen molar-refractivity contribution in [2.75, 3.05) is 0 Å². The van der Waals surface area contributed by atoms with E-state index in [0.717, 1.165) is 25.7 Å². The minimum atomic E-state index is -1.81. The van der Waals surface area contributed by atoms with E-state index in [1.807, 2.05) is 6.08 Å². The van der Waals surface area contributed by atoms with Crippen LogP contribution in [0, 0.1) is 0 Å². The third-order valence-electron chi connectivity index (χ3n) is 5.60. The molecular formula is C22H40OSi. The molecule has 0 saturated carbocycles. The number of hydrogen-bond donors (Lipinski definition) is 0. The van der Waals surface area contributed by atoms with Crippen molar-refractivity contribution in [3.8, 4) is 0 Å². The van der Waals surface area contributed by atoms with Gasteiger partial charge in [-0.05, 0) is 61.2 Å². The molecule has 0 unspecified atom stereocenters. The molecule has 1 aliphatic rings. The largest absolute Gasteiger partial charge is 0.546 e. The van der Waals surface area contributed by atoms with E-state index >= 15 is 0 Å². The van der Waals surface area contributed by atoms with Crippen LogP contribution >= 0.6 is 0 Å². The smallest absolute Gasteiger partial charge is 0.258 e. The summed E-state index contributed by atoms with van der Waals surface area (Å²) in [6.07, 6.45) is 15.0. The van der Waals surface area contributed by atoms with Crippen molar-refractivity contribution in [1.82, 2.24) is 0 Å². The molecule has 24 heavy (non-hydrogen) atoms. The van der Waals surface area contributed by atoms with Crippen LogP contribution in [-0.4, -0.2) is 8.32 Å². The highest BCUT2D eigenvalue weighted by molar-refractivity contribution is 6.77. The minimum absolute atomic E-state index is 0.644. The van der Waals surface area contributed by atoms with Gasteiger partial charge in [0.1, 0.15) is 0 Å². The molecule has 2 heteroatoms. The zero-order valence-electron chi connectivity index (χ0n) is 17.0. The van der Waals surface area contributed by atoms with Crippen LogP contribution in [0.4, 0.5) is 0 Å². The summed E-state index contributed by atoms with van der Waals surface area (Å²) in [5.74, 6) is 1.29. The molecule has 138 valence electrons. The van der Waals surface area contributed by atoms with Crippen LogP contribution < -0.4 is 0 Å². The molecule has 1 rings (SSSR count). The molecule has 0 aliphatic heterocycles. The highest BCUT2D eigenvalue weighted by Crippen LogP contribution is 2.44. The van der Waals surface area contributed by atoms with E-state index in [1.165, 1.54) is 30.6 Å². The third kappa shape index (κ3) is 5.65. The Bertz CT molecular complexity index is 421. The Hall–Kier alpha value is -0.763. The molecule has 0 spiro atoms. The van der Waals surface area contributed by atoms with Crippen LogP contribution in [0.1, 0.15) is 86.5 Å². The SMILES string of the molecule is C=C/C1=C/CCC/C=C(/O[Si](C(C)C)(C(C)C)C(C)C)CCCC1. The van der Waals surface area contributed by atoms with Crippen molar-refractivity contribution in [1.29, 1.82) is 0 Å². The minimum Gasteiger partial charge on any atom is -0.546 e. The maximum absolute atomic E-state index is 6.95. The molecule has 0 N–H and O–H groups in total. The quantitative estimate of drug-likeness (QED) is 0.443. The van der Waals surface area contributed by atoms with Crippen LogP contribution in [0.3, 0.4) is 0 Å². The molecule has 0 bridgehead atoms. The normalized spacial score (nSPS) is 22.5. The Labute approximate surface area is 152 Å². The van der Waals surface area contributed by atoms with Crippen LogP contribution in [-0.2, 0) is 4.43 Å². The van der Waals surface area contributed by atoms with Crippen molar-refractivity contribution in [2.24, 2.45) is 0 Å². The van der Waals surface area contributed by atoms with E-state index in [9.17, 15) is 0 Å². The topological polar surface area (TPSA) is 9.23 Å². The summed E-state index contributed by atoms with van der Waals surface area (Å²) in [4.78, 5) is 0. The van der Waals surface area contributed by atoms with Crippen molar-refractivity contribution in [3.63, 3.8) is 0 Å². The summed E-state index contributed by atoms with van der Waals surface area (Å²) in [7, 11) is -1.81. The Kier molecular flexibility index (Phi) is 9.11. The van der Waals surface area contributed by atoms with E-state index in [4.69, 9.17) is 4.43 Å². The van der Waals surface area contributed by atoms with E-state index in [-0.39, 0.29) is 0 Å². The standard InChI is InChI=1S/C22H40OSi/c1-8-21-14-10-9-11-16-22(17-13-12-15-21)23-24(18(2)3,19(4)5)20(6)7/h8,14,16,18-20H,1,9-13,15,17H2,2-7H3/b21-14-,22-16+. The molecule has 0 aromatic heterocycles. The lowest BCUT2D eigenvalue weighted by atomic mass is 10.1. The maximum atomic E-state index is 6.95. The van der Waals surface area contributed by atoms with Crippen LogP contribution in [0.25, 0.3) is 0 Å². The predicted molar refractivity (Wildman–Crippen MR) is 111 cm³/mol. The monoisotopic (exact) mass is 348 g/mol. The zero-order valence-corrected chi connectivity index (χ0v) is 18.0. The summed E-state index contributed by atoms with van der Waals surface area (Å²) >= 11 is 0. The molecule has 0 radical (unpaired) electrons. The fraction of sp³-hybridized carbons (Fsp3) is 0.727. The molecule has 0 saturated heterocycles. The average molecular weight is 349 g/mol. The Morgan fingerprint density at radius 3 is 1.96 bits per heavy atom. The summed E-state index contributed by atoms with van der Waals surface area (Å²) in [5.41, 5.74) is 3.36. The van der Waals surface area contributed by atoms with E-state index < -0.39 is 8.32 Å². The highest BCUT2D eigenvalue weighted by atomic mass is 28.4. The van der Waals surface area contributed by atoms with Gasteiger partial charge in [0.25, 0.3) is 8.32 Å². The molecule has 0 aromatic carbocycles. The first-order valence-corrected chi connectivity index (χ1v) is 12.2. The molecule has 0 heterocycles. The highest BCUT2D eigenvalue weighted by Gasteiger charge is 2.47. The van der Waals surface area contributed by atoms with Gasteiger partial charge >= 0.3 is 0 Å². The summed E-state index contributed by atoms with van der Waals surface area (Å²) in [6.45, 7) is 18.2. The van der Waals surface area contributed by atoms with Crippen LogP contribution in [0.15, 0.2) is 36.1 Å². The van der Waals surface area contributed by atoms with Crippen molar-refractivity contribution < 1.29 is 4.43 Å². The number of rotatable bonds is 6. The Balaban J connectivity index is 2.90. The van der Waals surface area contributed by atoms with E-state index in [2.05, 4.69) is 60.3 Å². The fourth-order valence-corrected chi connectivity index (χ4v) is 9.71. The second kappa shape index (κ2) is 10.3. The van der Waals surface area contributed by atoms with Gasteiger partial charge in [-0.15, -0.1) is 0 Å². The van der Waals surface area contributed by atoms with E-state index in [0.29, 0.717) is 16.6 Å². The fourth-order valence-electron chi connectivity index (χ4n) is 4.36. The zero-order chi connectivity index (χ0) is 18.2. The average Bonchev–Trinajstić information content (AvgIpc) is 2.56. The second-order valence-corrected chi connectivity index (χ2v) is 13.6. The van der Waals surface area contributed by atoms with Gasteiger partial charge in [-0.1, -0.05) is 65.8 Å². The summed E-state index contributed by atoms with van der Waals surface area (Å²) in [6, 6.07) is 0. The Morgan fingerprint density at radius 2 is 1.42 bits per heavy atom. The van der Waals surface area contributed by atoms with Crippen LogP contribution in [0.5, 0.6) is 0 Å². The van der Waals surface area contributed by atoms with Crippen molar-refractivity contribution in [2.45, 2.75) is 103 Å². The summed E-state index contributed by atoms with van der Waals surface area (Å²) < 4.78 is 6.95. The second-order valence-electron chi connectivity index (χ2n) is 8.21. The van der Waals surface area contributed by atoms with Crippen molar-refractivity contribution in [3.05, 3.63) is 36.1 Å². The third-order valence-corrected chi connectivity index (χ3v) is 11.6. The molecule has 0 aromatic rings. The first-order valence-electron chi connectivity index (χ1n) is 10.0. The van der Waals surface area contributed by atoms with Crippen LogP contribution in [0.2, 0.25) is 16.6 Å². The number of hydrogen-bond acceptors (Lipinski definition) is 1. The molecular weight excluding hydrogens is 308 g/mol. The molecule has 1 nitrogen and oxygen atoms in total. The number of allylic oxidation sites excluding steroid dienone is 5. The molecule has 0 atom stereocenters. The van der Waals surface area contributed by atoms with Gasteiger partial charge in [0.05, 0.1) is 5.76 Å². The van der Waals surface area contributed by atoms with Gasteiger partial charge in [-0.25, -0.2) is 0 Å². The van der Waals surface area contributed by atoms with Gasteiger partial charge in [0, 0.05) is 6.42 Å². The lowest BCUT2D eigenvalue weighted by molar-refractivity contribution is 0.348. The molecule has 0 fully saturated rings. The van der Waals surface area contributed by atoms with Crippen molar-refractivity contribution >= 4 is 8.32 Å².